The maximum atomic E-state index is 12.9. The zero-order valence-electron chi connectivity index (χ0n) is 12.8. The Morgan fingerprint density at radius 1 is 1.00 bits per heavy atom. The number of benzene rings is 1. The molecule has 1 aromatic carbocycles. The third kappa shape index (κ3) is 1.87. The van der Waals surface area contributed by atoms with Crippen LogP contribution in [0.5, 0.6) is 5.75 Å². The van der Waals surface area contributed by atoms with Crippen molar-refractivity contribution in [2.45, 2.75) is 32.6 Å². The Morgan fingerprint density at radius 3 is 2.57 bits per heavy atom. The van der Waals surface area contributed by atoms with Crippen LogP contribution in [0, 0.1) is 5.92 Å². The molecule has 0 aliphatic heterocycles. The maximum absolute atomic E-state index is 12.9. The van der Waals surface area contributed by atoms with Crippen molar-refractivity contribution in [3.63, 3.8) is 0 Å². The molecule has 4 nitrogen and oxygen atoms in total. The van der Waals surface area contributed by atoms with Crippen LogP contribution >= 0.6 is 0 Å². The quantitative estimate of drug-likeness (QED) is 0.799. The van der Waals surface area contributed by atoms with E-state index in [1.54, 1.807) is 12.1 Å². The first kappa shape index (κ1) is 14.1. The zero-order valence-corrected chi connectivity index (χ0v) is 12.8. The van der Waals surface area contributed by atoms with E-state index < -0.39 is 0 Å². The summed E-state index contributed by atoms with van der Waals surface area (Å²) in [4.78, 5) is 38.2. The number of rotatable bonds is 0. The number of phenols is 1. The van der Waals surface area contributed by atoms with Gasteiger partial charge in [0.2, 0.25) is 0 Å². The second-order valence-electron chi connectivity index (χ2n) is 6.63. The highest BCUT2D eigenvalue weighted by Gasteiger charge is 2.41. The molecule has 1 aromatic rings. The first-order valence-electron chi connectivity index (χ1n) is 7.89. The molecule has 0 unspecified atom stereocenters. The van der Waals surface area contributed by atoms with Gasteiger partial charge in [-0.15, -0.1) is 0 Å². The first-order chi connectivity index (χ1) is 11.0. The smallest absolute Gasteiger partial charge is 0.195 e. The number of phenolic OH excluding ortho intramolecular Hbond substituents is 1. The van der Waals surface area contributed by atoms with Gasteiger partial charge in [0.15, 0.2) is 17.3 Å². The average molecular weight is 308 g/mol. The van der Waals surface area contributed by atoms with E-state index in [-0.39, 0.29) is 40.1 Å². The number of hydrogen-bond acceptors (Lipinski definition) is 4. The summed E-state index contributed by atoms with van der Waals surface area (Å²) in [6.45, 7) is 2.03. The van der Waals surface area contributed by atoms with Crippen LogP contribution < -0.4 is 0 Å². The van der Waals surface area contributed by atoms with Crippen molar-refractivity contribution >= 4 is 17.3 Å². The summed E-state index contributed by atoms with van der Waals surface area (Å²) in [6, 6.07) is 4.51. The molecule has 3 aliphatic rings. The number of fused-ring (bicyclic) bond motifs is 2. The fraction of sp³-hybridized carbons (Fsp3) is 0.316. The third-order valence-electron chi connectivity index (χ3n) is 5.00. The molecular weight excluding hydrogens is 292 g/mol. The van der Waals surface area contributed by atoms with Gasteiger partial charge in [-0.3, -0.25) is 14.4 Å². The molecule has 23 heavy (non-hydrogen) atoms. The molecule has 0 aromatic heterocycles. The fourth-order valence-corrected chi connectivity index (χ4v) is 4.04. The van der Waals surface area contributed by atoms with E-state index in [2.05, 4.69) is 0 Å². The van der Waals surface area contributed by atoms with E-state index in [0.29, 0.717) is 36.0 Å². The Morgan fingerprint density at radius 2 is 1.78 bits per heavy atom. The molecule has 1 atom stereocenters. The molecule has 0 radical (unpaired) electrons. The van der Waals surface area contributed by atoms with Crippen molar-refractivity contribution in [2.75, 3.05) is 0 Å². The standard InChI is InChI=1S/C19H16O4/c1-9-7-10-5-6-12-17(15(10)14(21)8-9)19(23)11-3-2-4-13(20)16(11)18(12)22/h2-4,9,20H,5-8H2,1H3/t9-/m0/s1. The number of carbonyl (C=O) groups excluding carboxylic acids is 3. The predicted molar refractivity (Wildman–Crippen MR) is 83.5 cm³/mol. The minimum absolute atomic E-state index is 0.0318. The van der Waals surface area contributed by atoms with Crippen molar-refractivity contribution in [3.05, 3.63) is 51.6 Å². The summed E-state index contributed by atoms with van der Waals surface area (Å²) in [5.74, 6) is -0.535. The van der Waals surface area contributed by atoms with Gasteiger partial charge in [-0.05, 0) is 31.2 Å². The minimum Gasteiger partial charge on any atom is -0.507 e. The summed E-state index contributed by atoms with van der Waals surface area (Å²) in [7, 11) is 0. The van der Waals surface area contributed by atoms with Crippen LogP contribution in [0.15, 0.2) is 40.5 Å². The van der Waals surface area contributed by atoms with E-state index in [0.717, 1.165) is 12.0 Å². The normalized spacial score (nSPS) is 23.7. The van der Waals surface area contributed by atoms with Crippen molar-refractivity contribution in [1.82, 2.24) is 0 Å². The van der Waals surface area contributed by atoms with Crippen molar-refractivity contribution in [1.29, 1.82) is 0 Å². The number of aromatic hydroxyl groups is 1. The number of hydrogen-bond donors (Lipinski definition) is 1. The van der Waals surface area contributed by atoms with Gasteiger partial charge in [-0.25, -0.2) is 0 Å². The summed E-state index contributed by atoms with van der Waals surface area (Å²) < 4.78 is 0. The molecule has 0 saturated heterocycles. The highest BCUT2D eigenvalue weighted by Crippen LogP contribution is 2.44. The molecule has 0 heterocycles. The number of carbonyl (C=O) groups is 3. The largest absolute Gasteiger partial charge is 0.507 e. The van der Waals surface area contributed by atoms with Gasteiger partial charge in [-0.2, -0.15) is 0 Å². The topological polar surface area (TPSA) is 71.4 Å². The number of ketones is 3. The van der Waals surface area contributed by atoms with E-state index in [4.69, 9.17) is 0 Å². The van der Waals surface area contributed by atoms with Crippen LogP contribution in [0.4, 0.5) is 0 Å². The molecule has 0 saturated carbocycles. The highest BCUT2D eigenvalue weighted by molar-refractivity contribution is 6.32. The van der Waals surface area contributed by atoms with Crippen LogP contribution in [0.2, 0.25) is 0 Å². The molecule has 4 heteroatoms. The van der Waals surface area contributed by atoms with Gasteiger partial charge >= 0.3 is 0 Å². The minimum atomic E-state index is -0.314. The summed E-state index contributed by atoms with van der Waals surface area (Å²) in [6.07, 6.45) is 2.34. The van der Waals surface area contributed by atoms with E-state index in [9.17, 15) is 19.5 Å². The van der Waals surface area contributed by atoms with Crippen molar-refractivity contribution in [3.8, 4) is 5.75 Å². The Hall–Kier alpha value is -2.49. The molecule has 0 fully saturated rings. The van der Waals surface area contributed by atoms with Crippen LogP contribution in [0.25, 0.3) is 0 Å². The second-order valence-corrected chi connectivity index (χ2v) is 6.63. The summed E-state index contributed by atoms with van der Waals surface area (Å²) in [5.41, 5.74) is 2.47. The molecule has 116 valence electrons. The second kappa shape index (κ2) is 4.75. The predicted octanol–water partition coefficient (Wildman–Crippen LogP) is 3.16. The Balaban J connectivity index is 1.96. The molecule has 1 N–H and O–H groups in total. The Bertz CT molecular complexity index is 854. The molecule has 3 aliphatic carbocycles. The Labute approximate surface area is 133 Å². The first-order valence-corrected chi connectivity index (χ1v) is 7.89. The molecule has 0 amide bonds. The lowest BCUT2D eigenvalue weighted by atomic mass is 9.69. The zero-order chi connectivity index (χ0) is 16.3. The third-order valence-corrected chi connectivity index (χ3v) is 5.00. The molecule has 0 bridgehead atoms. The lowest BCUT2D eigenvalue weighted by Crippen LogP contribution is -2.31. The maximum Gasteiger partial charge on any atom is 0.195 e. The highest BCUT2D eigenvalue weighted by atomic mass is 16.3. The van der Waals surface area contributed by atoms with Gasteiger partial charge < -0.3 is 5.11 Å². The van der Waals surface area contributed by atoms with Gasteiger partial charge in [0, 0.05) is 28.7 Å². The molecular formula is C19H16O4. The van der Waals surface area contributed by atoms with Crippen LogP contribution in [-0.4, -0.2) is 22.5 Å². The summed E-state index contributed by atoms with van der Waals surface area (Å²) in [5, 5.41) is 9.98. The number of allylic oxidation sites excluding steroid dienone is 4. The van der Waals surface area contributed by atoms with E-state index in [1.165, 1.54) is 6.07 Å². The van der Waals surface area contributed by atoms with Crippen molar-refractivity contribution < 1.29 is 19.5 Å². The number of Topliss-reactive ketones (excluding diaryl/α,β-unsaturated/α-hetero) is 3. The van der Waals surface area contributed by atoms with Crippen LogP contribution in [0.3, 0.4) is 0 Å². The summed E-state index contributed by atoms with van der Waals surface area (Å²) >= 11 is 0. The average Bonchev–Trinajstić information content (AvgIpc) is 2.51. The fourth-order valence-electron chi connectivity index (χ4n) is 4.04. The van der Waals surface area contributed by atoms with E-state index in [1.807, 2.05) is 6.92 Å². The molecule has 0 spiro atoms. The van der Waals surface area contributed by atoms with Crippen molar-refractivity contribution in [2.24, 2.45) is 5.92 Å². The van der Waals surface area contributed by atoms with Gasteiger partial charge in [0.1, 0.15) is 5.75 Å². The van der Waals surface area contributed by atoms with Crippen LogP contribution in [-0.2, 0) is 4.79 Å². The van der Waals surface area contributed by atoms with Gasteiger partial charge in [0.25, 0.3) is 0 Å². The van der Waals surface area contributed by atoms with Gasteiger partial charge in [0.05, 0.1) is 5.56 Å². The van der Waals surface area contributed by atoms with Gasteiger partial charge in [-0.1, -0.05) is 24.6 Å². The SMILES string of the molecule is C[C@@H]1CC(=O)C2=C(CCC3=C2C(=O)c2cccc(O)c2C3=O)C1. The van der Waals surface area contributed by atoms with E-state index >= 15 is 0 Å². The lowest BCUT2D eigenvalue weighted by molar-refractivity contribution is -0.116. The lowest BCUT2D eigenvalue weighted by Gasteiger charge is -2.32. The monoisotopic (exact) mass is 308 g/mol. The van der Waals surface area contributed by atoms with Crippen LogP contribution in [0.1, 0.15) is 53.3 Å². The molecule has 4 rings (SSSR count). The Kier molecular flexibility index (Phi) is 2.92.